The Labute approximate surface area is 170 Å². The second-order valence-electron chi connectivity index (χ2n) is 7.29. The first-order valence-electron chi connectivity index (χ1n) is 9.47. The predicted octanol–water partition coefficient (Wildman–Crippen LogP) is 3.91. The lowest BCUT2D eigenvalue weighted by Crippen LogP contribution is -2.23. The number of carboxylic acids is 1. The molecule has 0 bridgehead atoms. The van der Waals surface area contributed by atoms with Crippen LogP contribution in [0.3, 0.4) is 0 Å². The lowest BCUT2D eigenvalue weighted by atomic mass is 10.2. The fourth-order valence-electron chi connectivity index (χ4n) is 3.08. The highest BCUT2D eigenvalue weighted by Gasteiger charge is 2.38. The van der Waals surface area contributed by atoms with Gasteiger partial charge in [-0.2, -0.15) is 24.5 Å². The van der Waals surface area contributed by atoms with Crippen LogP contribution >= 0.6 is 11.3 Å². The van der Waals surface area contributed by atoms with Gasteiger partial charge in [-0.05, 0) is 47.6 Å². The third-order valence-corrected chi connectivity index (χ3v) is 5.53. The van der Waals surface area contributed by atoms with Crippen molar-refractivity contribution in [2.24, 2.45) is 5.92 Å². The zero-order chi connectivity index (χ0) is 20.9. The smallest absolute Gasteiger partial charge is 0.475 e. The van der Waals surface area contributed by atoms with Crippen LogP contribution in [0.1, 0.15) is 36.2 Å². The third kappa shape index (κ3) is 6.83. The number of alkyl halides is 3. The largest absolute Gasteiger partial charge is 0.490 e. The molecule has 29 heavy (non-hydrogen) atoms. The number of nitrogens with zero attached hydrogens (tertiary/aromatic N) is 3. The molecule has 0 aromatic carbocycles. The van der Waals surface area contributed by atoms with Crippen LogP contribution < -0.4 is 0 Å². The van der Waals surface area contributed by atoms with E-state index >= 15 is 0 Å². The number of carbonyl (C=O) groups is 1. The first-order chi connectivity index (χ1) is 13.8. The number of hydrogen-bond donors (Lipinski definition) is 1. The minimum absolute atomic E-state index is 0.672. The van der Waals surface area contributed by atoms with Crippen molar-refractivity contribution in [1.82, 2.24) is 14.5 Å². The van der Waals surface area contributed by atoms with E-state index in [0.29, 0.717) is 6.61 Å². The van der Waals surface area contributed by atoms with E-state index in [1.807, 2.05) is 6.33 Å². The maximum Gasteiger partial charge on any atom is 0.490 e. The summed E-state index contributed by atoms with van der Waals surface area (Å²) >= 11 is 1.78. The number of thiophene rings is 1. The van der Waals surface area contributed by atoms with E-state index in [2.05, 4.69) is 31.3 Å². The van der Waals surface area contributed by atoms with Crippen LogP contribution in [0.4, 0.5) is 13.2 Å². The molecule has 0 amide bonds. The van der Waals surface area contributed by atoms with Crippen LogP contribution in [-0.2, 0) is 35.8 Å². The molecule has 10 heteroatoms. The third-order valence-electron chi connectivity index (χ3n) is 4.80. The Morgan fingerprint density at radius 1 is 1.34 bits per heavy atom. The zero-order valence-corrected chi connectivity index (χ0v) is 16.7. The van der Waals surface area contributed by atoms with E-state index in [4.69, 9.17) is 14.6 Å². The maximum absolute atomic E-state index is 10.6. The lowest BCUT2D eigenvalue weighted by molar-refractivity contribution is -0.192. The molecule has 1 saturated carbocycles. The summed E-state index contributed by atoms with van der Waals surface area (Å²) in [4.78, 5) is 16.0. The topological polar surface area (TPSA) is 67.6 Å². The van der Waals surface area contributed by atoms with E-state index in [9.17, 15) is 13.2 Å². The molecule has 0 saturated heterocycles. The van der Waals surface area contributed by atoms with E-state index in [-0.39, 0.29) is 0 Å². The number of rotatable bonds is 6. The summed E-state index contributed by atoms with van der Waals surface area (Å²) in [5, 5.41) is 11.5. The Balaban J connectivity index is 0.000000298. The molecule has 4 rings (SSSR count). The quantitative estimate of drug-likeness (QED) is 0.751. The van der Waals surface area contributed by atoms with E-state index < -0.39 is 12.1 Å². The molecule has 3 heterocycles. The van der Waals surface area contributed by atoms with Gasteiger partial charge < -0.3 is 14.4 Å². The highest BCUT2D eigenvalue weighted by molar-refractivity contribution is 7.07. The Morgan fingerprint density at radius 2 is 2.10 bits per heavy atom. The van der Waals surface area contributed by atoms with Gasteiger partial charge in [-0.25, -0.2) is 9.78 Å². The summed E-state index contributed by atoms with van der Waals surface area (Å²) in [6, 6.07) is 2.23. The van der Waals surface area contributed by atoms with Gasteiger partial charge in [0.25, 0.3) is 0 Å². The van der Waals surface area contributed by atoms with Gasteiger partial charge in [-0.1, -0.05) is 0 Å². The average molecular weight is 431 g/mol. The van der Waals surface area contributed by atoms with Gasteiger partial charge in [0, 0.05) is 32.8 Å². The lowest BCUT2D eigenvalue weighted by Gasteiger charge is -2.19. The molecule has 1 aliphatic heterocycles. The summed E-state index contributed by atoms with van der Waals surface area (Å²) in [7, 11) is 0. The van der Waals surface area contributed by atoms with Crippen LogP contribution in [0.2, 0.25) is 0 Å². The first-order valence-corrected chi connectivity index (χ1v) is 10.4. The molecule has 0 spiro atoms. The second-order valence-corrected chi connectivity index (χ2v) is 8.07. The van der Waals surface area contributed by atoms with Gasteiger partial charge in [-0.15, -0.1) is 0 Å². The Hall–Kier alpha value is -1.91. The molecular weight excluding hydrogens is 407 g/mol. The number of aromatic nitrogens is 2. The number of carboxylic acid groups (broad SMARTS) is 1. The van der Waals surface area contributed by atoms with Crippen molar-refractivity contribution in [3.63, 3.8) is 0 Å². The first kappa shape index (κ1) is 21.8. The fraction of sp³-hybridized carbons (Fsp3) is 0.579. The van der Waals surface area contributed by atoms with Gasteiger partial charge in [-0.3, -0.25) is 4.90 Å². The monoisotopic (exact) mass is 431 g/mol. The highest BCUT2D eigenvalue weighted by Crippen LogP contribution is 2.29. The number of aryl methyl sites for hydroxylation is 1. The number of ether oxygens (including phenoxy) is 1. The van der Waals surface area contributed by atoms with E-state index in [0.717, 1.165) is 44.4 Å². The number of imidazole rings is 1. The van der Waals surface area contributed by atoms with Gasteiger partial charge in [0.05, 0.1) is 24.3 Å². The molecule has 1 fully saturated rings. The molecule has 160 valence electrons. The minimum atomic E-state index is -5.08. The Kier molecular flexibility index (Phi) is 7.31. The van der Waals surface area contributed by atoms with Crippen molar-refractivity contribution < 1.29 is 27.8 Å². The SMILES string of the molecule is O=C(O)C(F)(F)F.c1cc(CN2CCCn3cnc(COCC4CC4)c3C2)cs1. The van der Waals surface area contributed by atoms with Crippen LogP contribution in [-0.4, -0.2) is 44.9 Å². The number of halogens is 3. The van der Waals surface area contributed by atoms with E-state index in [1.165, 1.54) is 30.5 Å². The number of fused-ring (bicyclic) bond motifs is 1. The molecule has 2 aliphatic rings. The fourth-order valence-corrected chi connectivity index (χ4v) is 3.74. The van der Waals surface area contributed by atoms with Crippen molar-refractivity contribution in [2.45, 2.75) is 51.7 Å². The van der Waals surface area contributed by atoms with Crippen LogP contribution in [0.5, 0.6) is 0 Å². The van der Waals surface area contributed by atoms with Gasteiger partial charge in [0.15, 0.2) is 0 Å². The van der Waals surface area contributed by atoms with Crippen LogP contribution in [0.25, 0.3) is 0 Å². The van der Waals surface area contributed by atoms with Crippen molar-refractivity contribution in [3.8, 4) is 0 Å². The van der Waals surface area contributed by atoms with Crippen LogP contribution in [0.15, 0.2) is 23.2 Å². The predicted molar refractivity (Wildman–Crippen MR) is 101 cm³/mol. The highest BCUT2D eigenvalue weighted by atomic mass is 32.1. The molecule has 0 unspecified atom stereocenters. The molecule has 0 atom stereocenters. The molecule has 1 N–H and O–H groups in total. The van der Waals surface area contributed by atoms with Crippen LogP contribution in [0, 0.1) is 5.92 Å². The summed E-state index contributed by atoms with van der Waals surface area (Å²) in [6.45, 7) is 5.83. The average Bonchev–Trinajstić information content (AvgIpc) is 3.27. The summed E-state index contributed by atoms with van der Waals surface area (Å²) in [6.07, 6.45) is 0.792. The van der Waals surface area contributed by atoms with Gasteiger partial charge in [0.2, 0.25) is 0 Å². The summed E-state index contributed by atoms with van der Waals surface area (Å²) < 4.78 is 39.9. The van der Waals surface area contributed by atoms with Crippen molar-refractivity contribution in [1.29, 1.82) is 0 Å². The van der Waals surface area contributed by atoms with Crippen molar-refractivity contribution >= 4 is 17.3 Å². The maximum atomic E-state index is 10.6. The second kappa shape index (κ2) is 9.73. The molecule has 1 aliphatic carbocycles. The molecule has 2 aromatic heterocycles. The van der Waals surface area contributed by atoms with Crippen molar-refractivity contribution in [2.75, 3.05) is 13.2 Å². The van der Waals surface area contributed by atoms with Crippen molar-refractivity contribution in [3.05, 3.63) is 40.1 Å². The molecule has 0 radical (unpaired) electrons. The molecular formula is C19H24F3N3O3S. The summed E-state index contributed by atoms with van der Waals surface area (Å²) in [5.41, 5.74) is 3.91. The van der Waals surface area contributed by atoms with Gasteiger partial charge >= 0.3 is 12.1 Å². The van der Waals surface area contributed by atoms with Gasteiger partial charge in [0.1, 0.15) is 0 Å². The Morgan fingerprint density at radius 3 is 2.72 bits per heavy atom. The van der Waals surface area contributed by atoms with E-state index in [1.54, 1.807) is 11.3 Å². The zero-order valence-electron chi connectivity index (χ0n) is 15.9. The normalized spacial score (nSPS) is 17.2. The molecule has 2 aromatic rings. The standard InChI is InChI=1S/C17H23N3OS.C2HF3O2/c1-5-19(8-15-4-7-22-12-15)9-17-16(18-13-20(17)6-1)11-21-10-14-2-3-14;3-2(4,5)1(6)7/h4,7,12-14H,1-3,5-6,8-11H2;(H,6,7). The minimum Gasteiger partial charge on any atom is -0.475 e. The number of hydrogen-bond acceptors (Lipinski definition) is 5. The number of aliphatic carboxylic acids is 1. The molecule has 6 nitrogen and oxygen atoms in total. The summed E-state index contributed by atoms with van der Waals surface area (Å²) in [5.74, 6) is -1.94. The Bertz CT molecular complexity index is 788.